The highest BCUT2D eigenvalue weighted by atomic mass is 35.5. The quantitative estimate of drug-likeness (QED) is 0.483. The number of ether oxygens (including phenoxy) is 1. The van der Waals surface area contributed by atoms with Crippen LogP contribution in [-0.2, 0) is 0 Å². The lowest BCUT2D eigenvalue weighted by Crippen LogP contribution is -2.03. The van der Waals surface area contributed by atoms with E-state index in [-0.39, 0.29) is 28.5 Å². The molecule has 15 heavy (non-hydrogen) atoms. The fourth-order valence-electron chi connectivity index (χ4n) is 1.14. The number of aldehydes is 1. The van der Waals surface area contributed by atoms with Gasteiger partial charge in [-0.25, -0.2) is 0 Å². The molecular weight excluding hydrogens is 220 g/mol. The van der Waals surface area contributed by atoms with Gasteiger partial charge in [0.1, 0.15) is 6.29 Å². The summed E-state index contributed by atoms with van der Waals surface area (Å²) in [5, 5.41) is 9.59. The number of alkyl halides is 1. The molecule has 0 fully saturated rings. The number of phenolic OH excluding ortho intramolecular Hbond substituents is 1. The fourth-order valence-corrected chi connectivity index (χ4v) is 1.28. The van der Waals surface area contributed by atoms with E-state index in [2.05, 4.69) is 0 Å². The van der Waals surface area contributed by atoms with E-state index in [0.717, 1.165) is 0 Å². The fraction of sp³-hybridized carbons (Fsp3) is 0.200. The standard InChI is InChI=1S/C10H9ClO4/c1-15-9-3-6(5-12)2-7(10(9)14)8(13)4-11/h2-3,5,14H,4H2,1H3. The number of phenols is 1. The maximum atomic E-state index is 11.3. The van der Waals surface area contributed by atoms with Gasteiger partial charge < -0.3 is 9.84 Å². The third-order valence-electron chi connectivity index (χ3n) is 1.88. The van der Waals surface area contributed by atoms with E-state index >= 15 is 0 Å². The van der Waals surface area contributed by atoms with E-state index in [1.807, 2.05) is 0 Å². The number of methoxy groups -OCH3 is 1. The van der Waals surface area contributed by atoms with Crippen molar-refractivity contribution in [3.8, 4) is 11.5 Å². The molecule has 1 N–H and O–H groups in total. The Kier molecular flexibility index (Phi) is 3.68. The second-order valence-electron chi connectivity index (χ2n) is 2.79. The van der Waals surface area contributed by atoms with E-state index < -0.39 is 5.78 Å². The van der Waals surface area contributed by atoms with Gasteiger partial charge in [-0.2, -0.15) is 0 Å². The van der Waals surface area contributed by atoms with Gasteiger partial charge in [0, 0.05) is 5.56 Å². The van der Waals surface area contributed by atoms with Gasteiger partial charge in [-0.1, -0.05) is 0 Å². The predicted molar refractivity (Wildman–Crippen MR) is 55.1 cm³/mol. The number of rotatable bonds is 4. The minimum absolute atomic E-state index is 0.00792. The smallest absolute Gasteiger partial charge is 0.181 e. The number of ketones is 1. The Morgan fingerprint density at radius 1 is 1.60 bits per heavy atom. The highest BCUT2D eigenvalue weighted by Crippen LogP contribution is 2.31. The molecule has 0 atom stereocenters. The Hall–Kier alpha value is -1.55. The molecule has 0 spiro atoms. The first kappa shape index (κ1) is 11.5. The number of halogens is 1. The van der Waals surface area contributed by atoms with Crippen LogP contribution < -0.4 is 4.74 Å². The number of carbonyl (C=O) groups excluding carboxylic acids is 2. The summed E-state index contributed by atoms with van der Waals surface area (Å²) in [4.78, 5) is 21.9. The summed E-state index contributed by atoms with van der Waals surface area (Å²) in [5.74, 6) is -0.947. The normalized spacial score (nSPS) is 9.73. The van der Waals surface area contributed by atoms with Crippen molar-refractivity contribution in [2.75, 3.05) is 13.0 Å². The van der Waals surface area contributed by atoms with Crippen LogP contribution in [0.4, 0.5) is 0 Å². The van der Waals surface area contributed by atoms with Gasteiger partial charge in [0.25, 0.3) is 0 Å². The zero-order valence-electron chi connectivity index (χ0n) is 7.99. The molecule has 0 aliphatic carbocycles. The first-order valence-corrected chi connectivity index (χ1v) is 4.62. The highest BCUT2D eigenvalue weighted by Gasteiger charge is 2.15. The number of benzene rings is 1. The SMILES string of the molecule is COc1cc(C=O)cc(C(=O)CCl)c1O. The summed E-state index contributed by atoms with van der Waals surface area (Å²) in [6.07, 6.45) is 0.562. The zero-order valence-corrected chi connectivity index (χ0v) is 8.75. The van der Waals surface area contributed by atoms with Crippen molar-refractivity contribution in [3.05, 3.63) is 23.3 Å². The average molecular weight is 229 g/mol. The largest absolute Gasteiger partial charge is 0.504 e. The Morgan fingerprint density at radius 3 is 2.73 bits per heavy atom. The predicted octanol–water partition coefficient (Wildman–Crippen LogP) is 1.63. The molecule has 1 aromatic rings. The number of Topliss-reactive ketones (excluding diaryl/α,β-unsaturated/α-hetero) is 1. The van der Waals surface area contributed by atoms with Crippen molar-refractivity contribution >= 4 is 23.7 Å². The minimum atomic E-state index is -0.462. The number of hydrogen-bond donors (Lipinski definition) is 1. The van der Waals surface area contributed by atoms with Crippen LogP contribution >= 0.6 is 11.6 Å². The molecule has 0 bridgehead atoms. The highest BCUT2D eigenvalue weighted by molar-refractivity contribution is 6.31. The summed E-state index contributed by atoms with van der Waals surface area (Å²) >= 11 is 5.36. The van der Waals surface area contributed by atoms with Crippen molar-refractivity contribution in [3.63, 3.8) is 0 Å². The maximum absolute atomic E-state index is 11.3. The van der Waals surface area contributed by atoms with Crippen molar-refractivity contribution in [1.82, 2.24) is 0 Å². The van der Waals surface area contributed by atoms with Crippen LogP contribution in [0.1, 0.15) is 20.7 Å². The summed E-state index contributed by atoms with van der Waals surface area (Å²) in [6.45, 7) is 0. The van der Waals surface area contributed by atoms with Gasteiger partial charge in [0.2, 0.25) is 0 Å². The average Bonchev–Trinajstić information content (AvgIpc) is 2.28. The van der Waals surface area contributed by atoms with Crippen LogP contribution in [0.15, 0.2) is 12.1 Å². The molecular formula is C10H9ClO4. The summed E-state index contributed by atoms with van der Waals surface area (Å²) in [5.41, 5.74) is 0.240. The van der Waals surface area contributed by atoms with Crippen LogP contribution in [0.2, 0.25) is 0 Å². The summed E-state index contributed by atoms with van der Waals surface area (Å²) in [7, 11) is 1.33. The molecule has 4 nitrogen and oxygen atoms in total. The Labute approximate surface area is 91.4 Å². The van der Waals surface area contributed by atoms with Gasteiger partial charge in [-0.3, -0.25) is 9.59 Å². The third-order valence-corrected chi connectivity index (χ3v) is 2.12. The third kappa shape index (κ3) is 2.27. The van der Waals surface area contributed by atoms with Crippen LogP contribution in [-0.4, -0.2) is 30.2 Å². The Bertz CT molecular complexity index is 401. The molecule has 0 heterocycles. The summed E-state index contributed by atoms with van der Waals surface area (Å²) < 4.78 is 4.82. The first-order chi connectivity index (χ1) is 7.13. The lowest BCUT2D eigenvalue weighted by molar-refractivity contribution is 0.101. The maximum Gasteiger partial charge on any atom is 0.181 e. The monoisotopic (exact) mass is 228 g/mol. The molecule has 1 rings (SSSR count). The van der Waals surface area contributed by atoms with E-state index in [4.69, 9.17) is 16.3 Å². The van der Waals surface area contributed by atoms with E-state index in [9.17, 15) is 14.7 Å². The Balaban J connectivity index is 3.36. The molecule has 1 aromatic carbocycles. The first-order valence-electron chi connectivity index (χ1n) is 4.09. The van der Waals surface area contributed by atoms with Crippen LogP contribution in [0.3, 0.4) is 0 Å². The van der Waals surface area contributed by atoms with Gasteiger partial charge in [0.15, 0.2) is 17.3 Å². The molecule has 80 valence electrons. The second kappa shape index (κ2) is 4.79. The Morgan fingerprint density at radius 2 is 2.27 bits per heavy atom. The molecule has 0 aromatic heterocycles. The van der Waals surface area contributed by atoms with Crippen molar-refractivity contribution < 1.29 is 19.4 Å². The van der Waals surface area contributed by atoms with Gasteiger partial charge in [-0.05, 0) is 12.1 Å². The van der Waals surface area contributed by atoms with Gasteiger partial charge in [-0.15, -0.1) is 11.6 Å². The van der Waals surface area contributed by atoms with Crippen molar-refractivity contribution in [2.24, 2.45) is 0 Å². The topological polar surface area (TPSA) is 63.6 Å². The van der Waals surface area contributed by atoms with Gasteiger partial charge in [0.05, 0.1) is 18.6 Å². The number of carbonyl (C=O) groups is 2. The van der Waals surface area contributed by atoms with Crippen molar-refractivity contribution in [2.45, 2.75) is 0 Å². The molecule has 0 aliphatic heterocycles. The van der Waals surface area contributed by atoms with Crippen molar-refractivity contribution in [1.29, 1.82) is 0 Å². The molecule has 0 radical (unpaired) electrons. The molecule has 0 amide bonds. The van der Waals surface area contributed by atoms with E-state index in [0.29, 0.717) is 6.29 Å². The lowest BCUT2D eigenvalue weighted by atomic mass is 10.1. The molecule has 0 unspecified atom stereocenters. The molecule has 0 saturated carbocycles. The molecule has 0 saturated heterocycles. The van der Waals surface area contributed by atoms with Crippen LogP contribution in [0.25, 0.3) is 0 Å². The van der Waals surface area contributed by atoms with Crippen LogP contribution in [0, 0.1) is 0 Å². The summed E-state index contributed by atoms with van der Waals surface area (Å²) in [6, 6.07) is 2.61. The lowest BCUT2D eigenvalue weighted by Gasteiger charge is -2.08. The second-order valence-corrected chi connectivity index (χ2v) is 3.06. The van der Waals surface area contributed by atoms with Gasteiger partial charge >= 0.3 is 0 Å². The molecule has 5 heteroatoms. The number of hydrogen-bond acceptors (Lipinski definition) is 4. The van der Waals surface area contributed by atoms with Crippen LogP contribution in [0.5, 0.6) is 11.5 Å². The zero-order chi connectivity index (χ0) is 11.4. The van der Waals surface area contributed by atoms with E-state index in [1.165, 1.54) is 19.2 Å². The minimum Gasteiger partial charge on any atom is -0.504 e. The van der Waals surface area contributed by atoms with E-state index in [1.54, 1.807) is 0 Å². The number of aromatic hydroxyl groups is 1. The molecule has 0 aliphatic rings.